The van der Waals surface area contributed by atoms with Gasteiger partial charge in [-0.3, -0.25) is 9.89 Å². The molecule has 1 aliphatic rings. The van der Waals surface area contributed by atoms with Gasteiger partial charge in [0.2, 0.25) is 0 Å². The molecule has 4 rings (SSSR count). The number of aryl methyl sites for hydroxylation is 1. The van der Waals surface area contributed by atoms with Crippen LogP contribution in [0.4, 0.5) is 0 Å². The monoisotopic (exact) mass is 350 g/mol. The molecule has 0 fully saturated rings. The zero-order valence-electron chi connectivity index (χ0n) is 13.6. The third-order valence-electron chi connectivity index (χ3n) is 4.42. The van der Waals surface area contributed by atoms with Crippen LogP contribution in [0.5, 0.6) is 0 Å². The molecule has 0 radical (unpaired) electrons. The van der Waals surface area contributed by atoms with Crippen molar-refractivity contribution < 1.29 is 4.79 Å². The number of aromatic amines is 1. The van der Waals surface area contributed by atoms with Crippen LogP contribution in [0, 0.1) is 0 Å². The van der Waals surface area contributed by atoms with Crippen LogP contribution in [0.1, 0.15) is 39.5 Å². The average Bonchev–Trinajstić information content (AvgIpc) is 3.31. The van der Waals surface area contributed by atoms with Crippen molar-refractivity contribution in [3.8, 4) is 0 Å². The van der Waals surface area contributed by atoms with Gasteiger partial charge in [0.15, 0.2) is 5.16 Å². The lowest BCUT2D eigenvalue weighted by molar-refractivity contribution is 0.0936. The maximum absolute atomic E-state index is 12.5. The smallest absolute Gasteiger partial charge is 0.251 e. The van der Waals surface area contributed by atoms with E-state index in [1.807, 2.05) is 30.3 Å². The van der Waals surface area contributed by atoms with E-state index in [1.54, 1.807) is 11.8 Å². The van der Waals surface area contributed by atoms with Gasteiger partial charge in [0.05, 0.1) is 6.04 Å². The van der Waals surface area contributed by atoms with E-state index in [2.05, 4.69) is 38.7 Å². The molecule has 126 valence electrons. The molecule has 2 aromatic carbocycles. The van der Waals surface area contributed by atoms with Gasteiger partial charge in [-0.25, -0.2) is 4.98 Å². The number of nitrogens with one attached hydrogen (secondary N) is 2. The Morgan fingerprint density at radius 3 is 2.84 bits per heavy atom. The van der Waals surface area contributed by atoms with Crippen LogP contribution in [0.15, 0.2) is 60.0 Å². The Morgan fingerprint density at radius 1 is 1.20 bits per heavy atom. The summed E-state index contributed by atoms with van der Waals surface area (Å²) in [6.07, 6.45) is 3.49. The number of carbonyl (C=O) groups excluding carboxylic acids is 1. The summed E-state index contributed by atoms with van der Waals surface area (Å²) in [6, 6.07) is 16.2. The second kappa shape index (κ2) is 7.11. The number of hydrogen-bond acceptors (Lipinski definition) is 4. The lowest BCUT2D eigenvalue weighted by atomic mass is 10.1. The minimum Gasteiger partial charge on any atom is -0.345 e. The standard InChI is InChI=1S/C19H18N4OS/c24-18(22-17-10-9-14-3-1-2-4-16(14)17)15-7-5-13(6-8-15)11-25-19-20-12-21-23-19/h1-8,12,17H,9-11H2,(H,22,24)(H,20,21,23). The third-order valence-corrected chi connectivity index (χ3v) is 5.37. The molecule has 6 heteroatoms. The Balaban J connectivity index is 1.38. The summed E-state index contributed by atoms with van der Waals surface area (Å²) in [5.74, 6) is 0.767. The number of H-pyrrole nitrogens is 1. The molecule has 0 spiro atoms. The van der Waals surface area contributed by atoms with Crippen molar-refractivity contribution in [2.45, 2.75) is 29.8 Å². The zero-order valence-corrected chi connectivity index (χ0v) is 14.4. The molecule has 5 nitrogen and oxygen atoms in total. The van der Waals surface area contributed by atoms with Gasteiger partial charge in [0, 0.05) is 11.3 Å². The van der Waals surface area contributed by atoms with Gasteiger partial charge >= 0.3 is 0 Å². The van der Waals surface area contributed by atoms with Gasteiger partial charge in [-0.1, -0.05) is 48.2 Å². The molecule has 0 saturated carbocycles. The highest BCUT2D eigenvalue weighted by Crippen LogP contribution is 2.30. The highest BCUT2D eigenvalue weighted by Gasteiger charge is 2.23. The molecule has 1 aromatic heterocycles. The minimum atomic E-state index is -0.0175. The van der Waals surface area contributed by atoms with Gasteiger partial charge in [-0.15, -0.1) is 0 Å². The number of rotatable bonds is 5. The topological polar surface area (TPSA) is 70.7 Å². The van der Waals surface area contributed by atoms with Crippen LogP contribution >= 0.6 is 11.8 Å². The van der Waals surface area contributed by atoms with Crippen molar-refractivity contribution in [2.24, 2.45) is 0 Å². The Kier molecular flexibility index (Phi) is 4.52. The van der Waals surface area contributed by atoms with E-state index in [1.165, 1.54) is 17.5 Å². The summed E-state index contributed by atoms with van der Waals surface area (Å²) in [6.45, 7) is 0. The number of amides is 1. The maximum Gasteiger partial charge on any atom is 0.251 e. The number of thioether (sulfide) groups is 1. The fourth-order valence-corrected chi connectivity index (χ4v) is 3.85. The van der Waals surface area contributed by atoms with Crippen molar-refractivity contribution in [2.75, 3.05) is 0 Å². The van der Waals surface area contributed by atoms with E-state index >= 15 is 0 Å². The van der Waals surface area contributed by atoms with Crippen molar-refractivity contribution in [3.05, 3.63) is 77.1 Å². The lowest BCUT2D eigenvalue weighted by Crippen LogP contribution is -2.27. The van der Waals surface area contributed by atoms with Gasteiger partial charge in [-0.05, 0) is 41.7 Å². The first-order valence-corrected chi connectivity index (χ1v) is 9.24. The quantitative estimate of drug-likeness (QED) is 0.691. The number of carbonyl (C=O) groups is 1. The Bertz CT molecular complexity index is 861. The lowest BCUT2D eigenvalue weighted by Gasteiger charge is -2.14. The molecule has 2 N–H and O–H groups in total. The number of aromatic nitrogens is 3. The summed E-state index contributed by atoms with van der Waals surface area (Å²) in [4.78, 5) is 16.6. The molecule has 0 bridgehead atoms. The van der Waals surface area contributed by atoms with E-state index in [0.717, 1.165) is 29.3 Å². The highest BCUT2D eigenvalue weighted by atomic mass is 32.2. The summed E-state index contributed by atoms with van der Waals surface area (Å²) in [5.41, 5.74) is 4.42. The SMILES string of the molecule is O=C(NC1CCc2ccccc21)c1ccc(CSc2ncn[nH]2)cc1. The van der Waals surface area contributed by atoms with E-state index in [4.69, 9.17) is 0 Å². The molecule has 1 atom stereocenters. The average molecular weight is 350 g/mol. The Hall–Kier alpha value is -2.60. The van der Waals surface area contributed by atoms with Crippen LogP contribution in [0.3, 0.4) is 0 Å². The first-order valence-electron chi connectivity index (χ1n) is 8.25. The van der Waals surface area contributed by atoms with E-state index in [-0.39, 0.29) is 11.9 Å². The normalized spacial score (nSPS) is 15.8. The van der Waals surface area contributed by atoms with E-state index in [0.29, 0.717) is 5.56 Å². The Labute approximate surface area is 150 Å². The molecule has 1 aliphatic carbocycles. The number of nitrogens with zero attached hydrogens (tertiary/aromatic N) is 2. The first-order chi connectivity index (χ1) is 12.3. The summed E-state index contributed by atoms with van der Waals surface area (Å²) < 4.78 is 0. The maximum atomic E-state index is 12.5. The summed E-state index contributed by atoms with van der Waals surface area (Å²) in [5, 5.41) is 10.6. The molecule has 0 saturated heterocycles. The second-order valence-corrected chi connectivity index (χ2v) is 7.00. The fraction of sp³-hybridized carbons (Fsp3) is 0.211. The fourth-order valence-electron chi connectivity index (χ4n) is 3.12. The molecular weight excluding hydrogens is 332 g/mol. The summed E-state index contributed by atoms with van der Waals surface area (Å²) in [7, 11) is 0. The number of hydrogen-bond donors (Lipinski definition) is 2. The van der Waals surface area contributed by atoms with Gasteiger partial charge in [0.1, 0.15) is 6.33 Å². The predicted octanol–water partition coefficient (Wildman–Crippen LogP) is 3.51. The molecular formula is C19H18N4OS. The number of benzene rings is 2. The van der Waals surface area contributed by atoms with Gasteiger partial charge in [-0.2, -0.15) is 5.10 Å². The summed E-state index contributed by atoms with van der Waals surface area (Å²) >= 11 is 1.58. The molecule has 0 aliphatic heterocycles. The van der Waals surface area contributed by atoms with Crippen molar-refractivity contribution >= 4 is 17.7 Å². The predicted molar refractivity (Wildman–Crippen MR) is 97.4 cm³/mol. The van der Waals surface area contributed by atoms with Crippen LogP contribution in [-0.4, -0.2) is 21.1 Å². The minimum absolute atomic E-state index is 0.0175. The van der Waals surface area contributed by atoms with Gasteiger partial charge in [0.25, 0.3) is 5.91 Å². The van der Waals surface area contributed by atoms with Crippen molar-refractivity contribution in [1.29, 1.82) is 0 Å². The first kappa shape index (κ1) is 15.9. The molecule has 25 heavy (non-hydrogen) atoms. The van der Waals surface area contributed by atoms with Crippen molar-refractivity contribution in [3.63, 3.8) is 0 Å². The van der Waals surface area contributed by atoms with Crippen LogP contribution in [0.25, 0.3) is 0 Å². The van der Waals surface area contributed by atoms with E-state index in [9.17, 15) is 4.79 Å². The van der Waals surface area contributed by atoms with E-state index < -0.39 is 0 Å². The zero-order chi connectivity index (χ0) is 17.1. The van der Waals surface area contributed by atoms with Gasteiger partial charge < -0.3 is 5.32 Å². The molecule has 3 aromatic rings. The second-order valence-electron chi connectivity index (χ2n) is 6.04. The largest absolute Gasteiger partial charge is 0.345 e. The molecule has 1 heterocycles. The third kappa shape index (κ3) is 3.58. The highest BCUT2D eigenvalue weighted by molar-refractivity contribution is 7.98. The number of fused-ring (bicyclic) bond motifs is 1. The van der Waals surface area contributed by atoms with Crippen molar-refractivity contribution in [1.82, 2.24) is 20.5 Å². The van der Waals surface area contributed by atoms with Crippen LogP contribution < -0.4 is 5.32 Å². The Morgan fingerprint density at radius 2 is 2.04 bits per heavy atom. The molecule has 1 amide bonds. The molecule has 1 unspecified atom stereocenters. The van der Waals surface area contributed by atoms with Crippen LogP contribution in [-0.2, 0) is 12.2 Å². The van der Waals surface area contributed by atoms with Crippen LogP contribution in [0.2, 0.25) is 0 Å².